The number of nitrogens with one attached hydrogen (secondary N) is 1. The Labute approximate surface area is 182 Å². The predicted octanol–water partition coefficient (Wildman–Crippen LogP) is 3.57. The number of nitrogens with zero attached hydrogens (tertiary/aromatic N) is 5. The van der Waals surface area contributed by atoms with Gasteiger partial charge in [0.2, 0.25) is 5.95 Å². The molecule has 162 valence electrons. The molecule has 0 spiro atoms. The first-order valence-electron chi connectivity index (χ1n) is 10.6. The number of amides is 1. The number of aryl methyl sites for hydroxylation is 1. The van der Waals surface area contributed by atoms with E-state index in [0.29, 0.717) is 24.6 Å². The van der Waals surface area contributed by atoms with Crippen LogP contribution in [0.25, 0.3) is 11.4 Å². The van der Waals surface area contributed by atoms with Crippen LogP contribution in [-0.2, 0) is 0 Å². The molecule has 3 heterocycles. The Kier molecular flexibility index (Phi) is 5.99. The number of hydrogen-bond donors (Lipinski definition) is 2. The average molecular weight is 421 g/mol. The Bertz CT molecular complexity index is 1060. The maximum atomic E-state index is 12.7. The summed E-state index contributed by atoms with van der Waals surface area (Å²) in [5.41, 5.74) is 3.14. The summed E-state index contributed by atoms with van der Waals surface area (Å²) in [6, 6.07) is 9.39. The number of carbonyl (C=O) groups excluding carboxylic acids is 1. The molecular weight excluding hydrogens is 392 g/mol. The van der Waals surface area contributed by atoms with Gasteiger partial charge >= 0.3 is 0 Å². The molecule has 1 atom stereocenters. The summed E-state index contributed by atoms with van der Waals surface area (Å²) in [6.07, 6.45) is 4.70. The summed E-state index contributed by atoms with van der Waals surface area (Å²) in [4.78, 5) is 27.8. The van der Waals surface area contributed by atoms with E-state index < -0.39 is 6.10 Å². The quantitative estimate of drug-likeness (QED) is 0.655. The zero-order valence-corrected chi connectivity index (χ0v) is 18.1. The number of benzene rings is 1. The number of likely N-dealkylation sites (tertiary alicyclic amines) is 1. The van der Waals surface area contributed by atoms with E-state index in [0.717, 1.165) is 35.7 Å². The standard InChI is InChI=1S/C23H28N6O2/c1-15(2)29-16(3)25-13-21(29)20-10-11-24-23(27-20)26-18-8-6-17(7-9-18)22(31)28-12-4-5-19(30)14-28/h6-11,13,15,19,30H,4-5,12,14H2,1-3H3,(H,24,26,27)/t19-/m0/s1. The van der Waals surface area contributed by atoms with E-state index in [4.69, 9.17) is 0 Å². The minimum atomic E-state index is -0.432. The van der Waals surface area contributed by atoms with Gasteiger partial charge in [0.25, 0.3) is 5.91 Å². The molecule has 0 saturated carbocycles. The van der Waals surface area contributed by atoms with Crippen LogP contribution in [0.4, 0.5) is 11.6 Å². The second-order valence-corrected chi connectivity index (χ2v) is 8.17. The maximum absolute atomic E-state index is 12.7. The van der Waals surface area contributed by atoms with Crippen molar-refractivity contribution in [1.29, 1.82) is 0 Å². The minimum absolute atomic E-state index is 0.0548. The number of anilines is 2. The van der Waals surface area contributed by atoms with Crippen LogP contribution in [0.15, 0.2) is 42.7 Å². The monoisotopic (exact) mass is 420 g/mol. The van der Waals surface area contributed by atoms with Gasteiger partial charge in [-0.25, -0.2) is 15.0 Å². The van der Waals surface area contributed by atoms with E-state index in [1.807, 2.05) is 31.3 Å². The van der Waals surface area contributed by atoms with Crippen molar-refractivity contribution in [3.8, 4) is 11.4 Å². The lowest BCUT2D eigenvalue weighted by Gasteiger charge is -2.30. The summed E-state index contributed by atoms with van der Waals surface area (Å²) in [6.45, 7) is 7.30. The molecular formula is C23H28N6O2. The summed E-state index contributed by atoms with van der Waals surface area (Å²) in [5.74, 6) is 1.37. The number of piperidine rings is 1. The zero-order chi connectivity index (χ0) is 22.0. The lowest BCUT2D eigenvalue weighted by atomic mass is 10.1. The van der Waals surface area contributed by atoms with E-state index in [9.17, 15) is 9.90 Å². The number of imidazole rings is 1. The summed E-state index contributed by atoms with van der Waals surface area (Å²) < 4.78 is 2.14. The fourth-order valence-corrected chi connectivity index (χ4v) is 4.00. The lowest BCUT2D eigenvalue weighted by Crippen LogP contribution is -2.42. The average Bonchev–Trinajstić information content (AvgIpc) is 3.16. The van der Waals surface area contributed by atoms with Crippen molar-refractivity contribution in [2.24, 2.45) is 0 Å². The molecule has 1 saturated heterocycles. The largest absolute Gasteiger partial charge is 0.391 e. The van der Waals surface area contributed by atoms with E-state index in [2.05, 4.69) is 38.7 Å². The first-order valence-corrected chi connectivity index (χ1v) is 10.6. The molecule has 1 aliphatic rings. The van der Waals surface area contributed by atoms with Gasteiger partial charge in [-0.3, -0.25) is 4.79 Å². The fourth-order valence-electron chi connectivity index (χ4n) is 4.00. The van der Waals surface area contributed by atoms with Crippen molar-refractivity contribution in [3.63, 3.8) is 0 Å². The van der Waals surface area contributed by atoms with E-state index >= 15 is 0 Å². The minimum Gasteiger partial charge on any atom is -0.391 e. The SMILES string of the molecule is Cc1ncc(-c2ccnc(Nc3ccc(C(=O)N4CCC[C@H](O)C4)cc3)n2)n1C(C)C. The van der Waals surface area contributed by atoms with Crippen LogP contribution < -0.4 is 5.32 Å². The molecule has 0 bridgehead atoms. The van der Waals surface area contributed by atoms with Crippen molar-refractivity contribution in [2.75, 3.05) is 18.4 Å². The molecule has 8 nitrogen and oxygen atoms in total. The van der Waals surface area contributed by atoms with E-state index in [1.54, 1.807) is 23.2 Å². The topological polar surface area (TPSA) is 96.2 Å². The molecule has 4 rings (SSSR count). The molecule has 1 aliphatic heterocycles. The highest BCUT2D eigenvalue weighted by Gasteiger charge is 2.23. The molecule has 8 heteroatoms. The van der Waals surface area contributed by atoms with E-state index in [1.165, 1.54) is 0 Å². The van der Waals surface area contributed by atoms with Crippen molar-refractivity contribution >= 4 is 17.5 Å². The van der Waals surface area contributed by atoms with Crippen molar-refractivity contribution < 1.29 is 9.90 Å². The zero-order valence-electron chi connectivity index (χ0n) is 18.1. The normalized spacial score (nSPS) is 16.5. The number of aromatic nitrogens is 4. The van der Waals surface area contributed by atoms with Crippen LogP contribution in [0.2, 0.25) is 0 Å². The molecule has 0 aliphatic carbocycles. The number of hydrogen-bond acceptors (Lipinski definition) is 6. The Balaban J connectivity index is 1.49. The Morgan fingerprint density at radius 2 is 1.97 bits per heavy atom. The highest BCUT2D eigenvalue weighted by molar-refractivity contribution is 5.94. The second-order valence-electron chi connectivity index (χ2n) is 8.17. The molecule has 0 unspecified atom stereocenters. The fraction of sp³-hybridized carbons (Fsp3) is 0.391. The number of β-amino-alcohol motifs (C(OH)–C–C–N with tert-alkyl or cyclic N) is 1. The molecule has 0 radical (unpaired) electrons. The first-order chi connectivity index (χ1) is 14.9. The van der Waals surface area contributed by atoms with Gasteiger partial charge in [-0.05, 0) is 63.9 Å². The highest BCUT2D eigenvalue weighted by atomic mass is 16.3. The molecule has 2 aromatic heterocycles. The van der Waals surface area contributed by atoms with Crippen molar-refractivity contribution in [3.05, 3.63) is 54.1 Å². The van der Waals surface area contributed by atoms with Gasteiger partial charge in [0, 0.05) is 36.6 Å². The van der Waals surface area contributed by atoms with Crippen LogP contribution in [-0.4, -0.2) is 54.6 Å². The molecule has 1 aromatic carbocycles. The van der Waals surface area contributed by atoms with Gasteiger partial charge in [-0.1, -0.05) is 0 Å². The number of rotatable bonds is 5. The second kappa shape index (κ2) is 8.85. The first kappa shape index (κ1) is 21.0. The van der Waals surface area contributed by atoms with Crippen LogP contribution in [0.3, 0.4) is 0 Å². The van der Waals surface area contributed by atoms with Crippen molar-refractivity contribution in [1.82, 2.24) is 24.4 Å². The third kappa shape index (κ3) is 4.59. The van der Waals surface area contributed by atoms with Gasteiger partial charge < -0.3 is 19.9 Å². The van der Waals surface area contributed by atoms with Gasteiger partial charge in [-0.15, -0.1) is 0 Å². The number of aliphatic hydroxyl groups excluding tert-OH is 1. The number of aliphatic hydroxyl groups is 1. The Morgan fingerprint density at radius 1 is 1.19 bits per heavy atom. The van der Waals surface area contributed by atoms with Gasteiger partial charge in [0.05, 0.1) is 23.7 Å². The van der Waals surface area contributed by atoms with Gasteiger partial charge in [-0.2, -0.15) is 0 Å². The van der Waals surface area contributed by atoms with E-state index in [-0.39, 0.29) is 11.9 Å². The molecule has 31 heavy (non-hydrogen) atoms. The van der Waals surface area contributed by atoms with Crippen LogP contribution in [0.5, 0.6) is 0 Å². The summed E-state index contributed by atoms with van der Waals surface area (Å²) in [7, 11) is 0. The lowest BCUT2D eigenvalue weighted by molar-refractivity contribution is 0.0474. The Morgan fingerprint density at radius 3 is 2.68 bits per heavy atom. The number of carbonyl (C=O) groups is 1. The van der Waals surface area contributed by atoms with Crippen LogP contribution in [0, 0.1) is 6.92 Å². The molecule has 1 fully saturated rings. The van der Waals surface area contributed by atoms with Crippen LogP contribution >= 0.6 is 0 Å². The summed E-state index contributed by atoms with van der Waals surface area (Å²) >= 11 is 0. The molecule has 3 aromatic rings. The smallest absolute Gasteiger partial charge is 0.253 e. The molecule has 1 amide bonds. The van der Waals surface area contributed by atoms with Crippen molar-refractivity contribution in [2.45, 2.75) is 45.8 Å². The maximum Gasteiger partial charge on any atom is 0.253 e. The highest BCUT2D eigenvalue weighted by Crippen LogP contribution is 2.24. The van der Waals surface area contributed by atoms with Crippen LogP contribution in [0.1, 0.15) is 48.9 Å². The Hall–Kier alpha value is -3.26. The predicted molar refractivity (Wildman–Crippen MR) is 119 cm³/mol. The third-order valence-corrected chi connectivity index (χ3v) is 5.49. The summed E-state index contributed by atoms with van der Waals surface area (Å²) in [5, 5.41) is 13.0. The molecule has 2 N–H and O–H groups in total. The van der Waals surface area contributed by atoms with Gasteiger partial charge in [0.15, 0.2) is 0 Å². The van der Waals surface area contributed by atoms with Gasteiger partial charge in [0.1, 0.15) is 5.82 Å². The third-order valence-electron chi connectivity index (χ3n) is 5.49.